The Morgan fingerprint density at radius 2 is 2.20 bits per heavy atom. The first-order valence-corrected chi connectivity index (χ1v) is 6.61. The molecule has 0 radical (unpaired) electrons. The van der Waals surface area contributed by atoms with Gasteiger partial charge < -0.3 is 4.74 Å². The van der Waals surface area contributed by atoms with E-state index in [4.69, 9.17) is 16.3 Å². The molecule has 1 aliphatic rings. The second kappa shape index (κ2) is 7.48. The number of alkyl halides is 1. The summed E-state index contributed by atoms with van der Waals surface area (Å²) in [6.45, 7) is 9.45. The molecule has 0 bridgehead atoms. The fourth-order valence-corrected chi connectivity index (χ4v) is 2.15. The molecule has 0 aliphatic carbocycles. The lowest BCUT2D eigenvalue weighted by molar-refractivity contribution is 0.0894. The van der Waals surface area contributed by atoms with Crippen molar-refractivity contribution in [2.75, 3.05) is 32.8 Å². The van der Waals surface area contributed by atoms with E-state index < -0.39 is 0 Å². The average Bonchev–Trinajstić information content (AvgIpc) is 2.23. The van der Waals surface area contributed by atoms with Crippen LogP contribution in [0.15, 0.2) is 0 Å². The van der Waals surface area contributed by atoms with Gasteiger partial charge in [0.25, 0.3) is 0 Å². The third-order valence-electron chi connectivity index (χ3n) is 3.14. The summed E-state index contributed by atoms with van der Waals surface area (Å²) in [5.41, 5.74) is 0. The molecule has 0 aromatic rings. The van der Waals surface area contributed by atoms with Crippen LogP contribution in [0.4, 0.5) is 0 Å². The van der Waals surface area contributed by atoms with E-state index in [0.717, 1.165) is 26.3 Å². The molecule has 0 N–H and O–H groups in total. The van der Waals surface area contributed by atoms with Crippen LogP contribution >= 0.6 is 11.6 Å². The molecule has 2 nitrogen and oxygen atoms in total. The number of likely N-dealkylation sites (tertiary alicyclic amines) is 1. The van der Waals surface area contributed by atoms with Crippen molar-refractivity contribution < 1.29 is 4.74 Å². The third-order valence-corrected chi connectivity index (χ3v) is 3.71. The van der Waals surface area contributed by atoms with Gasteiger partial charge in [0.1, 0.15) is 0 Å². The van der Waals surface area contributed by atoms with Crippen LogP contribution < -0.4 is 0 Å². The van der Waals surface area contributed by atoms with Gasteiger partial charge in [-0.05, 0) is 25.3 Å². The maximum atomic E-state index is 6.24. The molecule has 1 rings (SSSR count). The van der Waals surface area contributed by atoms with Crippen molar-refractivity contribution in [1.82, 2.24) is 4.90 Å². The van der Waals surface area contributed by atoms with Crippen LogP contribution in [-0.2, 0) is 4.74 Å². The molecular formula is C12H24ClNO. The molecule has 0 aromatic carbocycles. The zero-order valence-electron chi connectivity index (χ0n) is 10.0. The number of nitrogens with zero attached hydrogens (tertiary/aromatic N) is 1. The summed E-state index contributed by atoms with van der Waals surface area (Å²) in [6, 6.07) is 0. The van der Waals surface area contributed by atoms with E-state index in [-0.39, 0.29) is 0 Å². The summed E-state index contributed by atoms with van der Waals surface area (Å²) in [5, 5.41) is 0.328. The number of unbranched alkanes of at least 4 members (excludes halogenated alkanes) is 1. The largest absolute Gasteiger partial charge is 0.380 e. The molecule has 15 heavy (non-hydrogen) atoms. The fraction of sp³-hybridized carbons (Fsp3) is 1.00. The Morgan fingerprint density at radius 3 is 2.87 bits per heavy atom. The van der Waals surface area contributed by atoms with E-state index in [9.17, 15) is 0 Å². The molecule has 0 amide bonds. The Hall–Kier alpha value is 0.210. The van der Waals surface area contributed by atoms with Gasteiger partial charge in [-0.1, -0.05) is 20.3 Å². The summed E-state index contributed by atoms with van der Waals surface area (Å²) in [4.78, 5) is 2.42. The van der Waals surface area contributed by atoms with Crippen molar-refractivity contribution in [3.8, 4) is 0 Å². The maximum Gasteiger partial charge on any atom is 0.0593 e. The molecule has 1 saturated heterocycles. The van der Waals surface area contributed by atoms with E-state index in [0.29, 0.717) is 11.3 Å². The summed E-state index contributed by atoms with van der Waals surface area (Å²) in [6.07, 6.45) is 3.61. The predicted octanol–water partition coefficient (Wildman–Crippen LogP) is 2.75. The zero-order valence-corrected chi connectivity index (χ0v) is 10.8. The first kappa shape index (κ1) is 13.3. The predicted molar refractivity (Wildman–Crippen MR) is 65.6 cm³/mol. The highest BCUT2D eigenvalue weighted by atomic mass is 35.5. The molecule has 2 unspecified atom stereocenters. The van der Waals surface area contributed by atoms with Crippen LogP contribution in [-0.4, -0.2) is 43.1 Å². The molecule has 0 saturated carbocycles. The molecule has 1 heterocycles. The molecule has 2 atom stereocenters. The normalized spacial score (nSPS) is 28.2. The highest BCUT2D eigenvalue weighted by Gasteiger charge is 2.23. The van der Waals surface area contributed by atoms with Gasteiger partial charge in [-0.3, -0.25) is 4.90 Å². The summed E-state index contributed by atoms with van der Waals surface area (Å²) >= 11 is 6.24. The first-order valence-electron chi connectivity index (χ1n) is 6.18. The lowest BCUT2D eigenvalue weighted by Gasteiger charge is -2.33. The SMILES string of the molecule is CCCCOCCN1CCC(C)C(Cl)C1. The van der Waals surface area contributed by atoms with Crippen molar-refractivity contribution >= 4 is 11.6 Å². The monoisotopic (exact) mass is 233 g/mol. The molecule has 1 aliphatic heterocycles. The summed E-state index contributed by atoms with van der Waals surface area (Å²) < 4.78 is 5.55. The molecule has 0 spiro atoms. The minimum atomic E-state index is 0.328. The lowest BCUT2D eigenvalue weighted by atomic mass is 9.99. The van der Waals surface area contributed by atoms with Crippen molar-refractivity contribution in [3.05, 3.63) is 0 Å². The highest BCUT2D eigenvalue weighted by molar-refractivity contribution is 6.21. The molecular weight excluding hydrogens is 210 g/mol. The number of rotatable bonds is 6. The second-order valence-corrected chi connectivity index (χ2v) is 5.11. The van der Waals surface area contributed by atoms with Crippen LogP contribution in [0.2, 0.25) is 0 Å². The third kappa shape index (κ3) is 5.19. The molecule has 1 fully saturated rings. The highest BCUT2D eigenvalue weighted by Crippen LogP contribution is 2.21. The van der Waals surface area contributed by atoms with Gasteiger partial charge in [0.15, 0.2) is 0 Å². The molecule has 90 valence electrons. The van der Waals surface area contributed by atoms with Crippen LogP contribution in [0.3, 0.4) is 0 Å². The van der Waals surface area contributed by atoms with Gasteiger partial charge in [-0.2, -0.15) is 0 Å². The second-order valence-electron chi connectivity index (χ2n) is 4.55. The molecule has 0 aromatic heterocycles. The first-order chi connectivity index (χ1) is 7.24. The minimum absolute atomic E-state index is 0.328. The lowest BCUT2D eigenvalue weighted by Crippen LogP contribution is -2.41. The van der Waals surface area contributed by atoms with Crippen LogP contribution in [0.5, 0.6) is 0 Å². The van der Waals surface area contributed by atoms with Crippen molar-refractivity contribution in [3.63, 3.8) is 0 Å². The average molecular weight is 234 g/mol. The van der Waals surface area contributed by atoms with Gasteiger partial charge in [0.05, 0.1) is 6.61 Å². The Morgan fingerprint density at radius 1 is 1.40 bits per heavy atom. The van der Waals surface area contributed by atoms with Crippen molar-refractivity contribution in [2.24, 2.45) is 5.92 Å². The zero-order chi connectivity index (χ0) is 11.1. The van der Waals surface area contributed by atoms with Gasteiger partial charge in [0.2, 0.25) is 0 Å². The number of hydrogen-bond acceptors (Lipinski definition) is 2. The smallest absolute Gasteiger partial charge is 0.0593 e. The van der Waals surface area contributed by atoms with E-state index in [2.05, 4.69) is 18.7 Å². The number of piperidine rings is 1. The standard InChI is InChI=1S/C12H24ClNO/c1-3-4-8-15-9-7-14-6-5-11(2)12(13)10-14/h11-12H,3-10H2,1-2H3. The minimum Gasteiger partial charge on any atom is -0.380 e. The van der Waals surface area contributed by atoms with Crippen LogP contribution in [0.25, 0.3) is 0 Å². The van der Waals surface area contributed by atoms with E-state index in [1.165, 1.54) is 25.8 Å². The number of hydrogen-bond donors (Lipinski definition) is 0. The van der Waals surface area contributed by atoms with Crippen LogP contribution in [0, 0.1) is 5.92 Å². The fourth-order valence-electron chi connectivity index (χ4n) is 1.83. The van der Waals surface area contributed by atoms with E-state index in [1.807, 2.05) is 0 Å². The van der Waals surface area contributed by atoms with E-state index >= 15 is 0 Å². The van der Waals surface area contributed by atoms with Crippen LogP contribution in [0.1, 0.15) is 33.1 Å². The Balaban J connectivity index is 2.02. The Kier molecular flexibility index (Phi) is 6.62. The molecule has 3 heteroatoms. The topological polar surface area (TPSA) is 12.5 Å². The Bertz CT molecular complexity index is 166. The van der Waals surface area contributed by atoms with Gasteiger partial charge >= 0.3 is 0 Å². The Labute approximate surface area is 98.9 Å². The van der Waals surface area contributed by atoms with E-state index in [1.54, 1.807) is 0 Å². The number of halogens is 1. The van der Waals surface area contributed by atoms with Crippen molar-refractivity contribution in [1.29, 1.82) is 0 Å². The van der Waals surface area contributed by atoms with Crippen molar-refractivity contribution in [2.45, 2.75) is 38.5 Å². The number of ether oxygens (including phenoxy) is 1. The quantitative estimate of drug-likeness (QED) is 0.517. The summed E-state index contributed by atoms with van der Waals surface area (Å²) in [7, 11) is 0. The summed E-state index contributed by atoms with van der Waals surface area (Å²) in [5.74, 6) is 0.670. The maximum absolute atomic E-state index is 6.24. The van der Waals surface area contributed by atoms with Gasteiger partial charge in [-0.15, -0.1) is 11.6 Å². The van der Waals surface area contributed by atoms with Gasteiger partial charge in [0, 0.05) is 25.1 Å². The van der Waals surface area contributed by atoms with Gasteiger partial charge in [-0.25, -0.2) is 0 Å².